The van der Waals surface area contributed by atoms with Crippen molar-refractivity contribution in [3.63, 3.8) is 0 Å². The van der Waals surface area contributed by atoms with Crippen molar-refractivity contribution < 1.29 is 9.53 Å². The number of hydrogen-bond donors (Lipinski definition) is 0. The first-order valence-corrected chi connectivity index (χ1v) is 5.47. The molecule has 1 atom stereocenters. The van der Waals surface area contributed by atoms with Gasteiger partial charge in [-0.15, -0.1) is 0 Å². The lowest BCUT2D eigenvalue weighted by Crippen LogP contribution is -2.13. The Kier molecular flexibility index (Phi) is 4.88. The van der Waals surface area contributed by atoms with Crippen molar-refractivity contribution in [2.24, 2.45) is 0 Å². The molecule has 0 radical (unpaired) electrons. The van der Waals surface area contributed by atoms with Gasteiger partial charge < -0.3 is 4.74 Å². The van der Waals surface area contributed by atoms with E-state index < -0.39 is 0 Å². The molecule has 0 N–H and O–H groups in total. The van der Waals surface area contributed by atoms with Gasteiger partial charge in [-0.25, -0.2) is 0 Å². The van der Waals surface area contributed by atoms with Crippen molar-refractivity contribution in [2.45, 2.75) is 32.6 Å². The summed E-state index contributed by atoms with van der Waals surface area (Å²) < 4.78 is 5.16. The standard InChI is InChI=1S/C13H18O2/c1-3-4-10-15-13(14)11(2)12-8-6-5-7-9-12/h5-9,11H,3-4,10H2,1-2H3. The van der Waals surface area contributed by atoms with Crippen molar-refractivity contribution in [2.75, 3.05) is 6.61 Å². The van der Waals surface area contributed by atoms with E-state index in [9.17, 15) is 4.79 Å². The predicted octanol–water partition coefficient (Wildman–Crippen LogP) is 3.13. The molecule has 15 heavy (non-hydrogen) atoms. The SMILES string of the molecule is CCCCOC(=O)C(C)c1ccccc1. The third kappa shape index (κ3) is 3.74. The maximum Gasteiger partial charge on any atom is 0.313 e. The molecule has 1 unspecified atom stereocenters. The predicted molar refractivity (Wildman–Crippen MR) is 60.7 cm³/mol. The van der Waals surface area contributed by atoms with Crippen LogP contribution in [0.25, 0.3) is 0 Å². The molecule has 0 saturated carbocycles. The van der Waals surface area contributed by atoms with E-state index in [0.717, 1.165) is 18.4 Å². The van der Waals surface area contributed by atoms with Crippen LogP contribution in [0, 0.1) is 0 Å². The number of rotatable bonds is 5. The molecule has 1 rings (SSSR count). The van der Waals surface area contributed by atoms with E-state index in [4.69, 9.17) is 4.74 Å². The fourth-order valence-electron chi connectivity index (χ4n) is 1.32. The summed E-state index contributed by atoms with van der Waals surface area (Å²) in [6.45, 7) is 4.49. The molecule has 1 aromatic carbocycles. The van der Waals surface area contributed by atoms with Gasteiger partial charge in [0.05, 0.1) is 12.5 Å². The molecule has 0 aliphatic rings. The summed E-state index contributed by atoms with van der Waals surface area (Å²) in [5.74, 6) is -0.294. The highest BCUT2D eigenvalue weighted by molar-refractivity contribution is 5.77. The summed E-state index contributed by atoms with van der Waals surface area (Å²) in [5.41, 5.74) is 1.01. The minimum atomic E-state index is -0.164. The summed E-state index contributed by atoms with van der Waals surface area (Å²) in [6, 6.07) is 9.71. The van der Waals surface area contributed by atoms with Crippen LogP contribution in [0.1, 0.15) is 38.2 Å². The zero-order chi connectivity index (χ0) is 11.1. The summed E-state index contributed by atoms with van der Waals surface area (Å²) in [4.78, 5) is 11.6. The lowest BCUT2D eigenvalue weighted by Gasteiger charge is -2.11. The molecule has 0 heterocycles. The number of ether oxygens (including phenoxy) is 1. The molecule has 0 fully saturated rings. The molecule has 82 valence electrons. The van der Waals surface area contributed by atoms with Crippen LogP contribution in [0.15, 0.2) is 30.3 Å². The van der Waals surface area contributed by atoms with Crippen LogP contribution < -0.4 is 0 Å². The quantitative estimate of drug-likeness (QED) is 0.546. The molecule has 0 bridgehead atoms. The maximum absolute atomic E-state index is 11.6. The summed E-state index contributed by atoms with van der Waals surface area (Å²) in [5, 5.41) is 0. The molecular formula is C13H18O2. The Balaban J connectivity index is 2.46. The van der Waals surface area contributed by atoms with E-state index >= 15 is 0 Å². The van der Waals surface area contributed by atoms with E-state index in [-0.39, 0.29) is 11.9 Å². The summed E-state index contributed by atoms with van der Waals surface area (Å²) in [7, 11) is 0. The molecule has 0 spiro atoms. The first-order chi connectivity index (χ1) is 7.25. The van der Waals surface area contributed by atoms with Gasteiger partial charge in [0.25, 0.3) is 0 Å². The van der Waals surface area contributed by atoms with Crippen molar-refractivity contribution in [3.8, 4) is 0 Å². The van der Waals surface area contributed by atoms with E-state index in [2.05, 4.69) is 6.92 Å². The minimum absolute atomic E-state index is 0.130. The molecular weight excluding hydrogens is 188 g/mol. The smallest absolute Gasteiger partial charge is 0.313 e. The second-order valence-electron chi connectivity index (χ2n) is 3.65. The van der Waals surface area contributed by atoms with Gasteiger partial charge in [0.15, 0.2) is 0 Å². The number of carbonyl (C=O) groups excluding carboxylic acids is 1. The number of benzene rings is 1. The van der Waals surface area contributed by atoms with Crippen LogP contribution in [0.5, 0.6) is 0 Å². The van der Waals surface area contributed by atoms with Gasteiger partial charge in [-0.05, 0) is 18.9 Å². The Labute approximate surface area is 91.3 Å². The maximum atomic E-state index is 11.6. The Morgan fingerprint density at radius 2 is 2.00 bits per heavy atom. The van der Waals surface area contributed by atoms with E-state index in [1.165, 1.54) is 0 Å². The number of esters is 1. The lowest BCUT2D eigenvalue weighted by molar-refractivity contribution is -0.145. The lowest BCUT2D eigenvalue weighted by atomic mass is 10.0. The van der Waals surface area contributed by atoms with E-state index in [1.54, 1.807) is 0 Å². The zero-order valence-corrected chi connectivity index (χ0v) is 9.40. The van der Waals surface area contributed by atoms with Crippen LogP contribution in [0.3, 0.4) is 0 Å². The summed E-state index contributed by atoms with van der Waals surface area (Å²) in [6.07, 6.45) is 1.99. The van der Waals surface area contributed by atoms with Crippen molar-refractivity contribution in [1.29, 1.82) is 0 Å². The number of hydrogen-bond acceptors (Lipinski definition) is 2. The normalized spacial score (nSPS) is 12.1. The highest BCUT2D eigenvalue weighted by Gasteiger charge is 2.15. The molecule has 0 aliphatic heterocycles. The fraction of sp³-hybridized carbons (Fsp3) is 0.462. The molecule has 0 amide bonds. The van der Waals surface area contributed by atoms with Crippen LogP contribution in [0.2, 0.25) is 0 Å². The van der Waals surface area contributed by atoms with Gasteiger partial charge in [0, 0.05) is 0 Å². The van der Waals surface area contributed by atoms with Crippen LogP contribution in [0.4, 0.5) is 0 Å². The topological polar surface area (TPSA) is 26.3 Å². The highest BCUT2D eigenvalue weighted by Crippen LogP contribution is 2.16. The van der Waals surface area contributed by atoms with Gasteiger partial charge in [-0.1, -0.05) is 43.7 Å². The third-order valence-electron chi connectivity index (χ3n) is 2.40. The zero-order valence-electron chi connectivity index (χ0n) is 9.40. The Morgan fingerprint density at radius 3 is 2.60 bits per heavy atom. The second-order valence-corrected chi connectivity index (χ2v) is 3.65. The molecule has 1 aromatic rings. The average molecular weight is 206 g/mol. The first kappa shape index (κ1) is 11.8. The van der Waals surface area contributed by atoms with Gasteiger partial charge in [-0.2, -0.15) is 0 Å². The molecule has 0 saturated heterocycles. The van der Waals surface area contributed by atoms with Gasteiger partial charge >= 0.3 is 5.97 Å². The Hall–Kier alpha value is -1.31. The van der Waals surface area contributed by atoms with Crippen LogP contribution in [-0.2, 0) is 9.53 Å². The molecule has 0 aliphatic carbocycles. The monoisotopic (exact) mass is 206 g/mol. The Bertz CT molecular complexity index is 293. The first-order valence-electron chi connectivity index (χ1n) is 5.47. The number of carbonyl (C=O) groups is 1. The third-order valence-corrected chi connectivity index (χ3v) is 2.40. The van der Waals surface area contributed by atoms with Crippen molar-refractivity contribution >= 4 is 5.97 Å². The van der Waals surface area contributed by atoms with E-state index in [1.807, 2.05) is 37.3 Å². The Morgan fingerprint density at radius 1 is 1.33 bits per heavy atom. The van der Waals surface area contributed by atoms with Crippen LogP contribution in [-0.4, -0.2) is 12.6 Å². The molecule has 0 aromatic heterocycles. The summed E-state index contributed by atoms with van der Waals surface area (Å²) >= 11 is 0. The van der Waals surface area contributed by atoms with Gasteiger partial charge in [0.2, 0.25) is 0 Å². The largest absolute Gasteiger partial charge is 0.465 e. The molecule has 2 heteroatoms. The highest BCUT2D eigenvalue weighted by atomic mass is 16.5. The van der Waals surface area contributed by atoms with Crippen molar-refractivity contribution in [1.82, 2.24) is 0 Å². The fourth-order valence-corrected chi connectivity index (χ4v) is 1.32. The number of unbranched alkanes of at least 4 members (excludes halogenated alkanes) is 1. The van der Waals surface area contributed by atoms with Crippen LogP contribution >= 0.6 is 0 Å². The van der Waals surface area contributed by atoms with Gasteiger partial charge in [0.1, 0.15) is 0 Å². The van der Waals surface area contributed by atoms with Crippen molar-refractivity contribution in [3.05, 3.63) is 35.9 Å². The minimum Gasteiger partial charge on any atom is -0.465 e. The average Bonchev–Trinajstić information content (AvgIpc) is 2.29. The molecule has 2 nitrogen and oxygen atoms in total. The second kappa shape index (κ2) is 6.23. The van der Waals surface area contributed by atoms with E-state index in [0.29, 0.717) is 6.61 Å². The van der Waals surface area contributed by atoms with Gasteiger partial charge in [-0.3, -0.25) is 4.79 Å².